The van der Waals surface area contributed by atoms with Crippen LogP contribution >= 0.6 is 11.3 Å². The summed E-state index contributed by atoms with van der Waals surface area (Å²) in [6, 6.07) is 10.4. The van der Waals surface area contributed by atoms with E-state index in [-0.39, 0.29) is 18.3 Å². The molecule has 146 valence electrons. The molecule has 0 radical (unpaired) electrons. The van der Waals surface area contributed by atoms with Crippen LogP contribution in [0.15, 0.2) is 36.4 Å². The van der Waals surface area contributed by atoms with Gasteiger partial charge in [0.25, 0.3) is 5.91 Å². The van der Waals surface area contributed by atoms with E-state index in [0.717, 1.165) is 23.7 Å². The third-order valence-corrected chi connectivity index (χ3v) is 5.97. The fraction of sp³-hybridized carbons (Fsp3) is 0.333. The van der Waals surface area contributed by atoms with E-state index in [0.29, 0.717) is 13.1 Å². The molecule has 0 bridgehead atoms. The van der Waals surface area contributed by atoms with Gasteiger partial charge in [-0.3, -0.25) is 4.79 Å². The van der Waals surface area contributed by atoms with Gasteiger partial charge in [-0.15, -0.1) is 0 Å². The molecule has 1 saturated heterocycles. The number of para-hydroxylation sites is 1. The molecule has 28 heavy (non-hydrogen) atoms. The average molecular weight is 399 g/mol. The molecule has 1 aliphatic heterocycles. The summed E-state index contributed by atoms with van der Waals surface area (Å²) in [6.45, 7) is 6.69. The number of halogens is 1. The lowest BCUT2D eigenvalue weighted by Gasteiger charge is -2.34. The van der Waals surface area contributed by atoms with E-state index in [1.165, 1.54) is 28.0 Å². The summed E-state index contributed by atoms with van der Waals surface area (Å²) in [7, 11) is 0. The molecular weight excluding hydrogens is 377 g/mol. The lowest BCUT2D eigenvalue weighted by atomic mass is 10.1. The minimum Gasteiger partial charge on any atom is -0.481 e. The Morgan fingerprint density at radius 3 is 2.68 bits per heavy atom. The molecule has 1 amide bonds. The number of carbonyl (C=O) groups excluding carboxylic acids is 1. The number of thiazole rings is 1. The van der Waals surface area contributed by atoms with Gasteiger partial charge in [-0.1, -0.05) is 29.5 Å². The molecule has 2 aromatic carbocycles. The van der Waals surface area contributed by atoms with Crippen molar-refractivity contribution in [2.75, 3.05) is 37.7 Å². The first-order valence-corrected chi connectivity index (χ1v) is 10.1. The van der Waals surface area contributed by atoms with Gasteiger partial charge >= 0.3 is 0 Å². The number of benzene rings is 2. The number of hydrogen-bond donors (Lipinski definition) is 0. The van der Waals surface area contributed by atoms with Crippen molar-refractivity contribution in [2.45, 2.75) is 13.8 Å². The summed E-state index contributed by atoms with van der Waals surface area (Å²) in [5.41, 5.74) is 3.49. The smallest absolute Gasteiger partial charge is 0.260 e. The average Bonchev–Trinajstić information content (AvgIpc) is 3.11. The molecule has 3 aromatic rings. The number of hydrogen-bond acceptors (Lipinski definition) is 5. The number of aromatic nitrogens is 1. The molecule has 7 heteroatoms. The van der Waals surface area contributed by atoms with Crippen molar-refractivity contribution >= 4 is 32.6 Å². The second kappa shape index (κ2) is 7.75. The van der Waals surface area contributed by atoms with Crippen molar-refractivity contribution in [3.8, 4) is 5.75 Å². The Hall–Kier alpha value is -2.67. The van der Waals surface area contributed by atoms with Crippen molar-refractivity contribution in [1.29, 1.82) is 0 Å². The molecule has 1 fully saturated rings. The lowest BCUT2D eigenvalue weighted by Crippen LogP contribution is -2.50. The van der Waals surface area contributed by atoms with Crippen LogP contribution in [-0.2, 0) is 4.79 Å². The Bertz CT molecular complexity index is 1010. The predicted octanol–water partition coefficient (Wildman–Crippen LogP) is 3.78. The van der Waals surface area contributed by atoms with E-state index in [1.54, 1.807) is 28.4 Å². The third-order valence-electron chi connectivity index (χ3n) is 4.91. The maximum Gasteiger partial charge on any atom is 0.260 e. The Morgan fingerprint density at radius 1 is 1.18 bits per heavy atom. The maximum absolute atomic E-state index is 13.6. The van der Waals surface area contributed by atoms with E-state index < -0.39 is 5.82 Å². The van der Waals surface area contributed by atoms with Crippen LogP contribution in [0.25, 0.3) is 10.2 Å². The van der Waals surface area contributed by atoms with Crippen LogP contribution in [0, 0.1) is 19.7 Å². The van der Waals surface area contributed by atoms with E-state index in [4.69, 9.17) is 9.72 Å². The van der Waals surface area contributed by atoms with Gasteiger partial charge in [0.1, 0.15) is 0 Å². The van der Waals surface area contributed by atoms with E-state index in [1.807, 2.05) is 0 Å². The molecule has 5 nitrogen and oxygen atoms in total. The molecule has 0 atom stereocenters. The highest BCUT2D eigenvalue weighted by Crippen LogP contribution is 2.32. The minimum atomic E-state index is -0.457. The monoisotopic (exact) mass is 399 g/mol. The molecular formula is C21H22FN3O2S. The van der Waals surface area contributed by atoms with Crippen LogP contribution in [0.3, 0.4) is 0 Å². The van der Waals surface area contributed by atoms with Gasteiger partial charge in [0.15, 0.2) is 23.3 Å². The zero-order chi connectivity index (χ0) is 19.7. The third kappa shape index (κ3) is 3.80. The second-order valence-electron chi connectivity index (χ2n) is 7.01. The number of ether oxygens (including phenoxy) is 1. The van der Waals surface area contributed by atoms with Crippen molar-refractivity contribution in [3.63, 3.8) is 0 Å². The van der Waals surface area contributed by atoms with E-state index in [2.05, 4.69) is 30.9 Å². The SMILES string of the molecule is Cc1cc(C)c2nc(N3CCN(C(=O)COc4ccccc4F)CC3)sc2c1. The fourth-order valence-electron chi connectivity index (χ4n) is 3.43. The molecule has 0 saturated carbocycles. The predicted molar refractivity (Wildman–Crippen MR) is 110 cm³/mol. The maximum atomic E-state index is 13.6. The first kappa shape index (κ1) is 18.7. The van der Waals surface area contributed by atoms with E-state index >= 15 is 0 Å². The van der Waals surface area contributed by atoms with Gasteiger partial charge in [0.05, 0.1) is 10.2 Å². The molecule has 1 aromatic heterocycles. The van der Waals surface area contributed by atoms with Crippen LogP contribution in [0.1, 0.15) is 11.1 Å². The summed E-state index contributed by atoms with van der Waals surface area (Å²) >= 11 is 1.70. The number of amides is 1. The Kier molecular flexibility index (Phi) is 5.17. The first-order chi connectivity index (χ1) is 13.5. The zero-order valence-corrected chi connectivity index (χ0v) is 16.8. The molecule has 0 N–H and O–H groups in total. The molecule has 4 rings (SSSR count). The Labute approximate surface area is 167 Å². The number of rotatable bonds is 4. The molecule has 1 aliphatic rings. The van der Waals surface area contributed by atoms with Gasteiger partial charge in [0, 0.05) is 26.2 Å². The zero-order valence-electron chi connectivity index (χ0n) is 15.9. The first-order valence-electron chi connectivity index (χ1n) is 9.29. The number of aryl methyl sites for hydroxylation is 2. The second-order valence-corrected chi connectivity index (χ2v) is 8.02. The van der Waals surface area contributed by atoms with Crippen LogP contribution in [0.4, 0.5) is 9.52 Å². The highest BCUT2D eigenvalue weighted by atomic mass is 32.1. The lowest BCUT2D eigenvalue weighted by molar-refractivity contribution is -0.133. The molecule has 0 spiro atoms. The summed E-state index contributed by atoms with van der Waals surface area (Å²) in [5.74, 6) is -0.477. The van der Waals surface area contributed by atoms with Gasteiger partial charge in [-0.25, -0.2) is 9.37 Å². The van der Waals surface area contributed by atoms with Crippen LogP contribution in [0.2, 0.25) is 0 Å². The number of carbonyl (C=O) groups is 1. The standard InChI is InChI=1S/C21H22FN3O2S/c1-14-11-15(2)20-18(12-14)28-21(23-20)25-9-7-24(8-10-25)19(26)13-27-17-6-4-3-5-16(17)22/h3-6,11-12H,7-10,13H2,1-2H3. The van der Waals surface area contributed by atoms with Crippen molar-refractivity contribution in [2.24, 2.45) is 0 Å². The minimum absolute atomic E-state index is 0.106. The van der Waals surface area contributed by atoms with Gasteiger partial charge < -0.3 is 14.5 Å². The number of nitrogens with zero attached hydrogens (tertiary/aromatic N) is 3. The fourth-order valence-corrected chi connectivity index (χ4v) is 4.63. The Balaban J connectivity index is 1.36. The highest BCUT2D eigenvalue weighted by molar-refractivity contribution is 7.22. The number of piperazine rings is 1. The normalized spacial score (nSPS) is 14.5. The molecule has 2 heterocycles. The largest absolute Gasteiger partial charge is 0.481 e. The molecule has 0 unspecified atom stereocenters. The van der Waals surface area contributed by atoms with Crippen LogP contribution in [0.5, 0.6) is 5.75 Å². The summed E-state index contributed by atoms with van der Waals surface area (Å²) in [6.07, 6.45) is 0. The van der Waals surface area contributed by atoms with Crippen molar-refractivity contribution in [3.05, 3.63) is 53.3 Å². The molecule has 0 aliphatic carbocycles. The quantitative estimate of drug-likeness (QED) is 0.670. The number of fused-ring (bicyclic) bond motifs is 1. The summed E-state index contributed by atoms with van der Waals surface area (Å²) in [4.78, 5) is 21.2. The van der Waals surface area contributed by atoms with Crippen molar-refractivity contribution in [1.82, 2.24) is 9.88 Å². The van der Waals surface area contributed by atoms with Crippen molar-refractivity contribution < 1.29 is 13.9 Å². The topological polar surface area (TPSA) is 45.7 Å². The van der Waals surface area contributed by atoms with Gasteiger partial charge in [0.2, 0.25) is 0 Å². The van der Waals surface area contributed by atoms with Crippen LogP contribution < -0.4 is 9.64 Å². The van der Waals surface area contributed by atoms with Gasteiger partial charge in [-0.2, -0.15) is 0 Å². The highest BCUT2D eigenvalue weighted by Gasteiger charge is 2.24. The van der Waals surface area contributed by atoms with Crippen LogP contribution in [-0.4, -0.2) is 48.6 Å². The van der Waals surface area contributed by atoms with Gasteiger partial charge in [-0.05, 0) is 43.2 Å². The van der Waals surface area contributed by atoms with E-state index in [9.17, 15) is 9.18 Å². The summed E-state index contributed by atoms with van der Waals surface area (Å²) < 4.78 is 20.1. The summed E-state index contributed by atoms with van der Waals surface area (Å²) in [5, 5.41) is 0.999. The number of anilines is 1. The Morgan fingerprint density at radius 2 is 1.93 bits per heavy atom.